The van der Waals surface area contributed by atoms with Crippen molar-refractivity contribution in [2.24, 2.45) is 5.92 Å². The Bertz CT molecular complexity index is 437. The van der Waals surface area contributed by atoms with E-state index in [-0.39, 0.29) is 5.60 Å². The van der Waals surface area contributed by atoms with Gasteiger partial charge in [-0.15, -0.1) is 11.3 Å². The summed E-state index contributed by atoms with van der Waals surface area (Å²) in [6.45, 7) is 3.01. The fourth-order valence-corrected chi connectivity index (χ4v) is 5.80. The van der Waals surface area contributed by atoms with Gasteiger partial charge in [0.15, 0.2) is 0 Å². The summed E-state index contributed by atoms with van der Waals surface area (Å²) in [6, 6.07) is 0.441. The van der Waals surface area contributed by atoms with E-state index in [1.807, 2.05) is 11.3 Å². The Morgan fingerprint density at radius 1 is 1.45 bits per heavy atom. The molecular weight excluding hydrogens is 288 g/mol. The molecule has 2 saturated heterocycles. The first-order valence-electron chi connectivity index (χ1n) is 7.54. The molecule has 3 rings (SSSR count). The van der Waals surface area contributed by atoms with E-state index in [0.717, 1.165) is 18.0 Å². The van der Waals surface area contributed by atoms with Gasteiger partial charge >= 0.3 is 0 Å². The molecule has 2 unspecified atom stereocenters. The molecule has 0 amide bonds. The number of nitrogens with one attached hydrogen (secondary N) is 1. The van der Waals surface area contributed by atoms with E-state index in [1.165, 1.54) is 35.6 Å². The van der Waals surface area contributed by atoms with Crippen molar-refractivity contribution < 1.29 is 4.74 Å². The van der Waals surface area contributed by atoms with Gasteiger partial charge in [0.1, 0.15) is 0 Å². The standard InChI is InChI=1S/C15H24N2OS2/c1-11-17-10-13(20-11)14(16-2)12-3-6-18-15(9-12)4-7-19-8-5-15/h10,12,14,16H,3-9H2,1-2H3. The Labute approximate surface area is 129 Å². The molecule has 2 fully saturated rings. The molecule has 5 heteroatoms. The normalized spacial score (nSPS) is 27.6. The Morgan fingerprint density at radius 3 is 2.90 bits per heavy atom. The van der Waals surface area contributed by atoms with Crippen LogP contribution in [-0.4, -0.2) is 35.7 Å². The largest absolute Gasteiger partial charge is 0.375 e. The van der Waals surface area contributed by atoms with Crippen molar-refractivity contribution >= 4 is 23.1 Å². The van der Waals surface area contributed by atoms with Crippen LogP contribution in [0.2, 0.25) is 0 Å². The second-order valence-electron chi connectivity index (χ2n) is 5.94. The van der Waals surface area contributed by atoms with Crippen molar-refractivity contribution in [3.63, 3.8) is 0 Å². The van der Waals surface area contributed by atoms with Crippen LogP contribution in [0, 0.1) is 12.8 Å². The Morgan fingerprint density at radius 2 is 2.25 bits per heavy atom. The molecule has 3 heterocycles. The molecule has 0 aromatic carbocycles. The maximum Gasteiger partial charge on any atom is 0.0897 e. The van der Waals surface area contributed by atoms with Crippen molar-refractivity contribution in [1.29, 1.82) is 0 Å². The van der Waals surface area contributed by atoms with Crippen LogP contribution in [-0.2, 0) is 4.74 Å². The van der Waals surface area contributed by atoms with Gasteiger partial charge in [-0.05, 0) is 57.1 Å². The number of aromatic nitrogens is 1. The lowest BCUT2D eigenvalue weighted by Gasteiger charge is -2.45. The predicted molar refractivity (Wildman–Crippen MR) is 86.6 cm³/mol. The number of thioether (sulfide) groups is 1. The van der Waals surface area contributed by atoms with Gasteiger partial charge in [0, 0.05) is 23.7 Å². The molecule has 0 saturated carbocycles. The molecule has 1 aromatic heterocycles. The summed E-state index contributed by atoms with van der Waals surface area (Å²) in [5.74, 6) is 3.20. The maximum absolute atomic E-state index is 6.22. The first kappa shape index (κ1) is 14.8. The number of ether oxygens (including phenoxy) is 1. The Balaban J connectivity index is 1.74. The molecule has 20 heavy (non-hydrogen) atoms. The monoisotopic (exact) mass is 312 g/mol. The highest BCUT2D eigenvalue weighted by Crippen LogP contribution is 2.44. The van der Waals surface area contributed by atoms with Crippen LogP contribution in [0.4, 0.5) is 0 Å². The highest BCUT2D eigenvalue weighted by Gasteiger charge is 2.41. The zero-order chi connectivity index (χ0) is 14.0. The fourth-order valence-electron chi connectivity index (χ4n) is 3.57. The highest BCUT2D eigenvalue weighted by atomic mass is 32.2. The summed E-state index contributed by atoms with van der Waals surface area (Å²) in [6.07, 6.45) is 6.88. The average Bonchev–Trinajstić information content (AvgIpc) is 2.87. The van der Waals surface area contributed by atoms with Gasteiger partial charge < -0.3 is 10.1 Å². The van der Waals surface area contributed by atoms with Crippen LogP contribution >= 0.6 is 23.1 Å². The Hall–Kier alpha value is -0.100. The van der Waals surface area contributed by atoms with E-state index in [9.17, 15) is 0 Å². The lowest BCUT2D eigenvalue weighted by Crippen LogP contribution is -2.45. The third kappa shape index (κ3) is 3.06. The van der Waals surface area contributed by atoms with Crippen molar-refractivity contribution in [1.82, 2.24) is 10.3 Å². The first-order chi connectivity index (χ1) is 9.72. The molecule has 1 N–H and O–H groups in total. The van der Waals surface area contributed by atoms with E-state index in [0.29, 0.717) is 12.0 Å². The number of nitrogens with zero attached hydrogens (tertiary/aromatic N) is 1. The van der Waals surface area contributed by atoms with E-state index in [1.54, 1.807) is 0 Å². The minimum Gasteiger partial charge on any atom is -0.375 e. The van der Waals surface area contributed by atoms with Crippen molar-refractivity contribution in [3.8, 4) is 0 Å². The third-order valence-electron chi connectivity index (χ3n) is 4.66. The molecule has 2 aliphatic heterocycles. The number of rotatable bonds is 3. The molecule has 0 radical (unpaired) electrons. The number of aryl methyl sites for hydroxylation is 1. The summed E-state index contributed by atoms with van der Waals surface area (Å²) < 4.78 is 6.22. The van der Waals surface area contributed by atoms with Gasteiger partial charge in [0.2, 0.25) is 0 Å². The first-order valence-corrected chi connectivity index (χ1v) is 9.51. The molecule has 112 valence electrons. The average molecular weight is 313 g/mol. The molecule has 1 aromatic rings. The summed E-state index contributed by atoms with van der Waals surface area (Å²) >= 11 is 3.90. The lowest BCUT2D eigenvalue weighted by atomic mass is 9.78. The molecule has 2 aliphatic rings. The quantitative estimate of drug-likeness (QED) is 0.927. The smallest absolute Gasteiger partial charge is 0.0897 e. The maximum atomic E-state index is 6.22. The zero-order valence-corrected chi connectivity index (χ0v) is 14.0. The topological polar surface area (TPSA) is 34.2 Å². The van der Waals surface area contributed by atoms with Crippen LogP contribution < -0.4 is 5.32 Å². The van der Waals surface area contributed by atoms with Gasteiger partial charge in [0.25, 0.3) is 0 Å². The third-order valence-corrected chi connectivity index (χ3v) is 6.64. The van der Waals surface area contributed by atoms with E-state index in [2.05, 4.69) is 42.2 Å². The second kappa shape index (κ2) is 6.34. The van der Waals surface area contributed by atoms with Crippen LogP contribution in [0.3, 0.4) is 0 Å². The SMILES string of the molecule is CNC(c1cnc(C)s1)C1CCOC2(CCSCC2)C1. The second-order valence-corrected chi connectivity index (χ2v) is 8.44. The number of thiazole rings is 1. The van der Waals surface area contributed by atoms with Gasteiger partial charge in [0.05, 0.1) is 10.6 Å². The van der Waals surface area contributed by atoms with Gasteiger partial charge in [-0.25, -0.2) is 4.98 Å². The summed E-state index contributed by atoms with van der Waals surface area (Å²) in [7, 11) is 2.08. The van der Waals surface area contributed by atoms with E-state index >= 15 is 0 Å². The molecule has 0 aliphatic carbocycles. The molecule has 2 atom stereocenters. The molecular formula is C15H24N2OS2. The fraction of sp³-hybridized carbons (Fsp3) is 0.800. The van der Waals surface area contributed by atoms with Crippen LogP contribution in [0.25, 0.3) is 0 Å². The van der Waals surface area contributed by atoms with E-state index in [4.69, 9.17) is 4.74 Å². The highest BCUT2D eigenvalue weighted by molar-refractivity contribution is 7.99. The number of hydrogen-bond donors (Lipinski definition) is 1. The van der Waals surface area contributed by atoms with Crippen molar-refractivity contribution in [2.75, 3.05) is 25.2 Å². The summed E-state index contributed by atoms with van der Waals surface area (Å²) in [4.78, 5) is 5.81. The summed E-state index contributed by atoms with van der Waals surface area (Å²) in [5.41, 5.74) is 0.170. The molecule has 0 bridgehead atoms. The van der Waals surface area contributed by atoms with Crippen molar-refractivity contribution in [2.45, 2.75) is 44.2 Å². The minimum atomic E-state index is 0.170. The molecule has 3 nitrogen and oxygen atoms in total. The van der Waals surface area contributed by atoms with Crippen LogP contribution in [0.1, 0.15) is 41.6 Å². The number of hydrogen-bond acceptors (Lipinski definition) is 5. The van der Waals surface area contributed by atoms with Crippen LogP contribution in [0.15, 0.2) is 6.20 Å². The van der Waals surface area contributed by atoms with Gasteiger partial charge in [-0.1, -0.05) is 0 Å². The van der Waals surface area contributed by atoms with Crippen molar-refractivity contribution in [3.05, 3.63) is 16.1 Å². The molecule has 1 spiro atoms. The Kier molecular flexibility index (Phi) is 4.70. The predicted octanol–water partition coefficient (Wildman–Crippen LogP) is 3.40. The summed E-state index contributed by atoms with van der Waals surface area (Å²) in [5, 5.41) is 4.70. The zero-order valence-electron chi connectivity index (χ0n) is 12.4. The van der Waals surface area contributed by atoms with Gasteiger partial charge in [-0.3, -0.25) is 0 Å². The van der Waals surface area contributed by atoms with Gasteiger partial charge in [-0.2, -0.15) is 11.8 Å². The van der Waals surface area contributed by atoms with Crippen LogP contribution in [0.5, 0.6) is 0 Å². The lowest BCUT2D eigenvalue weighted by molar-refractivity contribution is -0.107. The van der Waals surface area contributed by atoms with E-state index < -0.39 is 0 Å². The minimum absolute atomic E-state index is 0.170.